The van der Waals surface area contributed by atoms with E-state index in [-0.39, 0.29) is 19.1 Å². The van der Waals surface area contributed by atoms with Crippen LogP contribution in [0.25, 0.3) is 11.3 Å². The Hall–Kier alpha value is -3.05. The molecule has 0 saturated heterocycles. The third kappa shape index (κ3) is 5.06. The van der Waals surface area contributed by atoms with Crippen LogP contribution in [0.1, 0.15) is 42.2 Å². The maximum atomic E-state index is 12.4. The lowest BCUT2D eigenvalue weighted by Gasteiger charge is -2.15. The van der Waals surface area contributed by atoms with Crippen molar-refractivity contribution < 1.29 is 19.1 Å². The van der Waals surface area contributed by atoms with Crippen LogP contribution < -0.4 is 10.1 Å². The zero-order chi connectivity index (χ0) is 21.0. The molecule has 2 N–H and O–H groups in total. The fourth-order valence-corrected chi connectivity index (χ4v) is 3.21. The van der Waals surface area contributed by atoms with E-state index in [9.17, 15) is 4.79 Å². The van der Waals surface area contributed by atoms with Crippen LogP contribution in [0.4, 0.5) is 5.69 Å². The van der Waals surface area contributed by atoms with Gasteiger partial charge in [-0.05, 0) is 72.9 Å². The van der Waals surface area contributed by atoms with Crippen LogP contribution in [0.5, 0.6) is 5.75 Å². The molecular weight excluding hydrogens is 366 g/mol. The first kappa shape index (κ1) is 20.7. The Morgan fingerprint density at radius 1 is 1.10 bits per heavy atom. The molecule has 152 valence electrons. The molecule has 0 bridgehead atoms. The summed E-state index contributed by atoms with van der Waals surface area (Å²) >= 11 is 0. The van der Waals surface area contributed by atoms with Crippen molar-refractivity contribution in [3.63, 3.8) is 0 Å². The van der Waals surface area contributed by atoms with E-state index in [0.717, 1.165) is 28.0 Å². The molecule has 0 spiro atoms. The summed E-state index contributed by atoms with van der Waals surface area (Å²) in [5, 5.41) is 12.0. The molecule has 2 aromatic carbocycles. The van der Waals surface area contributed by atoms with E-state index in [2.05, 4.69) is 25.2 Å². The summed E-state index contributed by atoms with van der Waals surface area (Å²) in [7, 11) is 0. The summed E-state index contributed by atoms with van der Waals surface area (Å²) in [5.41, 5.74) is 4.76. The molecule has 0 aliphatic heterocycles. The highest BCUT2D eigenvalue weighted by Crippen LogP contribution is 2.29. The number of aryl methyl sites for hydroxylation is 2. The van der Waals surface area contributed by atoms with Crippen LogP contribution in [-0.2, 0) is 11.4 Å². The van der Waals surface area contributed by atoms with Crippen LogP contribution in [-0.4, -0.2) is 17.6 Å². The lowest BCUT2D eigenvalue weighted by Crippen LogP contribution is -2.20. The van der Waals surface area contributed by atoms with Gasteiger partial charge in [-0.25, -0.2) is 0 Å². The van der Waals surface area contributed by atoms with Gasteiger partial charge in [0, 0.05) is 11.3 Å². The molecule has 5 heteroatoms. The molecule has 0 atom stereocenters. The second kappa shape index (κ2) is 8.97. The lowest BCUT2D eigenvalue weighted by atomic mass is 10.0. The zero-order valence-electron chi connectivity index (χ0n) is 17.3. The van der Waals surface area contributed by atoms with E-state index < -0.39 is 0 Å². The average molecular weight is 393 g/mol. The SMILES string of the molecule is Cc1ccc(C(C)C)c(OCC(=O)Nc2ccc(-c3ccc(CO)o3)c(C)c2)c1. The Kier molecular flexibility index (Phi) is 6.39. The van der Waals surface area contributed by atoms with Crippen LogP contribution in [0.15, 0.2) is 52.9 Å². The molecule has 0 unspecified atom stereocenters. The van der Waals surface area contributed by atoms with Crippen LogP contribution >= 0.6 is 0 Å². The van der Waals surface area contributed by atoms with Gasteiger partial charge in [0.25, 0.3) is 5.91 Å². The first-order chi connectivity index (χ1) is 13.9. The quantitative estimate of drug-likeness (QED) is 0.579. The summed E-state index contributed by atoms with van der Waals surface area (Å²) < 4.78 is 11.4. The van der Waals surface area contributed by atoms with Gasteiger partial charge in [0.15, 0.2) is 6.61 Å². The van der Waals surface area contributed by atoms with Crippen LogP contribution in [0.2, 0.25) is 0 Å². The molecule has 1 amide bonds. The number of amides is 1. The monoisotopic (exact) mass is 393 g/mol. The predicted molar refractivity (Wildman–Crippen MR) is 114 cm³/mol. The van der Waals surface area contributed by atoms with Gasteiger partial charge in [0.05, 0.1) is 0 Å². The van der Waals surface area contributed by atoms with E-state index in [0.29, 0.717) is 23.1 Å². The number of hydrogen-bond acceptors (Lipinski definition) is 4. The molecule has 0 aliphatic rings. The summed E-state index contributed by atoms with van der Waals surface area (Å²) in [5.74, 6) is 2.06. The molecule has 29 heavy (non-hydrogen) atoms. The van der Waals surface area contributed by atoms with Gasteiger partial charge in [0.2, 0.25) is 0 Å². The van der Waals surface area contributed by atoms with Crippen molar-refractivity contribution >= 4 is 11.6 Å². The standard InChI is InChI=1S/C24H27NO4/c1-15(2)20-8-5-16(3)11-23(20)28-14-24(27)25-18-6-9-21(17(4)12-18)22-10-7-19(13-26)29-22/h5-12,15,26H,13-14H2,1-4H3,(H,25,27). The highest BCUT2D eigenvalue weighted by Gasteiger charge is 2.12. The maximum absolute atomic E-state index is 12.4. The highest BCUT2D eigenvalue weighted by atomic mass is 16.5. The number of rotatable bonds is 7. The Labute approximate surface area is 171 Å². The van der Waals surface area contributed by atoms with Crippen molar-refractivity contribution in [2.24, 2.45) is 0 Å². The van der Waals surface area contributed by atoms with Gasteiger partial charge in [-0.15, -0.1) is 0 Å². The van der Waals surface area contributed by atoms with Crippen molar-refractivity contribution in [1.29, 1.82) is 0 Å². The predicted octanol–water partition coefficient (Wildman–Crippen LogP) is 5.20. The lowest BCUT2D eigenvalue weighted by molar-refractivity contribution is -0.118. The minimum absolute atomic E-state index is 0.0536. The van der Waals surface area contributed by atoms with Gasteiger partial charge >= 0.3 is 0 Å². The third-order valence-corrected chi connectivity index (χ3v) is 4.74. The molecule has 0 radical (unpaired) electrons. The number of hydrogen-bond donors (Lipinski definition) is 2. The van der Waals surface area contributed by atoms with E-state index in [4.69, 9.17) is 14.3 Å². The molecule has 1 heterocycles. The summed E-state index contributed by atoms with van der Waals surface area (Å²) in [6.45, 7) is 7.97. The number of carbonyl (C=O) groups is 1. The Balaban J connectivity index is 1.65. The first-order valence-electron chi connectivity index (χ1n) is 9.71. The Morgan fingerprint density at radius 3 is 2.55 bits per heavy atom. The van der Waals surface area contributed by atoms with Crippen LogP contribution in [0, 0.1) is 13.8 Å². The van der Waals surface area contributed by atoms with Crippen LogP contribution in [0.3, 0.4) is 0 Å². The van der Waals surface area contributed by atoms with Gasteiger partial charge in [-0.2, -0.15) is 0 Å². The largest absolute Gasteiger partial charge is 0.483 e. The van der Waals surface area contributed by atoms with Crippen molar-refractivity contribution in [3.8, 4) is 17.1 Å². The molecular formula is C24H27NO4. The molecule has 3 rings (SSSR count). The van der Waals surface area contributed by atoms with Gasteiger partial charge in [-0.1, -0.05) is 26.0 Å². The summed E-state index contributed by atoms with van der Waals surface area (Å²) in [4.78, 5) is 12.4. The highest BCUT2D eigenvalue weighted by molar-refractivity contribution is 5.92. The second-order valence-electron chi connectivity index (χ2n) is 7.49. The van der Waals surface area contributed by atoms with Gasteiger partial charge in [0.1, 0.15) is 23.9 Å². The molecule has 5 nitrogen and oxygen atoms in total. The Bertz CT molecular complexity index is 1000. The van der Waals surface area contributed by atoms with Crippen molar-refractivity contribution in [3.05, 3.63) is 71.0 Å². The number of benzene rings is 2. The number of anilines is 1. The minimum Gasteiger partial charge on any atom is -0.483 e. The molecule has 1 aromatic heterocycles. The number of aliphatic hydroxyl groups is 1. The number of aliphatic hydroxyl groups excluding tert-OH is 1. The fourth-order valence-electron chi connectivity index (χ4n) is 3.21. The minimum atomic E-state index is -0.214. The van der Waals surface area contributed by atoms with Gasteiger partial charge in [-0.3, -0.25) is 4.79 Å². The number of furan rings is 1. The first-order valence-corrected chi connectivity index (χ1v) is 9.71. The third-order valence-electron chi connectivity index (χ3n) is 4.74. The van der Waals surface area contributed by atoms with Crippen molar-refractivity contribution in [1.82, 2.24) is 0 Å². The topological polar surface area (TPSA) is 71.7 Å². The summed E-state index contributed by atoms with van der Waals surface area (Å²) in [6.07, 6.45) is 0. The normalized spacial score (nSPS) is 11.0. The molecule has 0 aliphatic carbocycles. The van der Waals surface area contributed by atoms with E-state index >= 15 is 0 Å². The zero-order valence-corrected chi connectivity index (χ0v) is 17.3. The second-order valence-corrected chi connectivity index (χ2v) is 7.49. The van der Waals surface area contributed by atoms with Crippen molar-refractivity contribution in [2.75, 3.05) is 11.9 Å². The van der Waals surface area contributed by atoms with E-state index in [1.165, 1.54) is 0 Å². The number of nitrogens with one attached hydrogen (secondary N) is 1. The number of carbonyl (C=O) groups excluding carboxylic acids is 1. The molecule has 0 saturated carbocycles. The molecule has 0 fully saturated rings. The van der Waals surface area contributed by atoms with Gasteiger partial charge < -0.3 is 19.6 Å². The maximum Gasteiger partial charge on any atom is 0.262 e. The van der Waals surface area contributed by atoms with E-state index in [1.54, 1.807) is 6.07 Å². The van der Waals surface area contributed by atoms with Crippen molar-refractivity contribution in [2.45, 2.75) is 40.2 Å². The van der Waals surface area contributed by atoms with E-state index in [1.807, 2.05) is 50.2 Å². The molecule has 3 aromatic rings. The Morgan fingerprint density at radius 2 is 1.90 bits per heavy atom. The average Bonchev–Trinajstić information content (AvgIpc) is 3.15. The number of ether oxygens (including phenoxy) is 1. The fraction of sp³-hybridized carbons (Fsp3) is 0.292. The smallest absolute Gasteiger partial charge is 0.262 e. The summed E-state index contributed by atoms with van der Waals surface area (Å²) in [6, 6.07) is 15.2.